The third-order valence-corrected chi connectivity index (χ3v) is 2.36. The molecule has 0 saturated heterocycles. The van der Waals surface area contributed by atoms with Gasteiger partial charge < -0.3 is 15.9 Å². The van der Waals surface area contributed by atoms with Gasteiger partial charge in [-0.25, -0.2) is 4.98 Å². The number of hydrogen-bond donors (Lipinski definition) is 2. The summed E-state index contributed by atoms with van der Waals surface area (Å²) in [5, 5.41) is 7.81. The van der Waals surface area contributed by atoms with Crippen LogP contribution in [-0.2, 0) is 14.4 Å². The number of oxime groups is 1. The van der Waals surface area contributed by atoms with Gasteiger partial charge in [-0.1, -0.05) is 5.16 Å². The molecule has 0 bridgehead atoms. The van der Waals surface area contributed by atoms with Crippen molar-refractivity contribution < 1.29 is 14.4 Å². The standard InChI is InChI=1S/C9H11N4O3S/c1-5(3-14)11-8(15)7(13-16-2)6-4-17-9(10)12-6/h4-5H,1-2H3,(H2,10,12)(H,11,15)/t5-/m1/s1. The maximum atomic E-state index is 11.7. The van der Waals surface area contributed by atoms with Crippen LogP contribution in [0.4, 0.5) is 5.13 Å². The third-order valence-electron chi connectivity index (χ3n) is 1.69. The first-order valence-electron chi connectivity index (χ1n) is 4.59. The summed E-state index contributed by atoms with van der Waals surface area (Å²) in [6, 6.07) is -0.736. The van der Waals surface area contributed by atoms with E-state index in [2.05, 4.69) is 20.3 Å². The monoisotopic (exact) mass is 255 g/mol. The second kappa shape index (κ2) is 5.94. The van der Waals surface area contributed by atoms with Crippen LogP contribution in [0.15, 0.2) is 10.5 Å². The molecule has 1 aromatic rings. The van der Waals surface area contributed by atoms with Crippen molar-refractivity contribution >= 4 is 34.4 Å². The number of anilines is 1. The van der Waals surface area contributed by atoms with Crippen molar-refractivity contribution in [3.05, 3.63) is 11.1 Å². The maximum Gasteiger partial charge on any atom is 0.276 e. The van der Waals surface area contributed by atoms with Gasteiger partial charge in [0.25, 0.3) is 5.91 Å². The van der Waals surface area contributed by atoms with Gasteiger partial charge in [-0.05, 0) is 6.92 Å². The maximum absolute atomic E-state index is 11.7. The zero-order valence-corrected chi connectivity index (χ0v) is 10.1. The lowest BCUT2D eigenvalue weighted by Gasteiger charge is -2.06. The number of carbonyl (C=O) groups excluding carboxylic acids is 2. The van der Waals surface area contributed by atoms with Gasteiger partial charge in [0.15, 0.2) is 10.8 Å². The average Bonchev–Trinajstić information content (AvgIpc) is 2.72. The van der Waals surface area contributed by atoms with Crippen molar-refractivity contribution in [2.75, 3.05) is 12.8 Å². The van der Waals surface area contributed by atoms with Crippen molar-refractivity contribution in [2.24, 2.45) is 5.16 Å². The molecule has 0 aliphatic carbocycles. The Balaban J connectivity index is 2.91. The molecule has 1 amide bonds. The molecule has 3 N–H and O–H groups in total. The van der Waals surface area contributed by atoms with Gasteiger partial charge in [0, 0.05) is 5.38 Å². The van der Waals surface area contributed by atoms with Crippen molar-refractivity contribution in [3.8, 4) is 0 Å². The molecular formula is C9H11N4O3S. The second-order valence-corrected chi connectivity index (χ2v) is 3.90. The quantitative estimate of drug-likeness (QED) is 0.554. The lowest BCUT2D eigenvalue weighted by atomic mass is 10.2. The zero-order chi connectivity index (χ0) is 12.8. The van der Waals surface area contributed by atoms with Crippen LogP contribution < -0.4 is 11.1 Å². The summed E-state index contributed by atoms with van der Waals surface area (Å²) < 4.78 is 0. The zero-order valence-electron chi connectivity index (χ0n) is 9.26. The van der Waals surface area contributed by atoms with Crippen LogP contribution in [0.5, 0.6) is 0 Å². The van der Waals surface area contributed by atoms with Gasteiger partial charge in [0.2, 0.25) is 6.29 Å². The van der Waals surface area contributed by atoms with Crippen LogP contribution in [-0.4, -0.2) is 36.0 Å². The van der Waals surface area contributed by atoms with Crippen LogP contribution in [0.1, 0.15) is 12.6 Å². The fourth-order valence-electron chi connectivity index (χ4n) is 0.987. The smallest absolute Gasteiger partial charge is 0.276 e. The molecule has 91 valence electrons. The van der Waals surface area contributed by atoms with E-state index in [1.54, 1.807) is 11.7 Å². The molecule has 0 aromatic carbocycles. The van der Waals surface area contributed by atoms with Gasteiger partial charge >= 0.3 is 0 Å². The molecule has 8 heteroatoms. The molecule has 1 atom stereocenters. The number of rotatable bonds is 5. The molecule has 1 rings (SSSR count). The van der Waals surface area contributed by atoms with E-state index in [0.29, 0.717) is 10.8 Å². The van der Waals surface area contributed by atoms with E-state index in [9.17, 15) is 9.59 Å². The average molecular weight is 255 g/mol. The number of nitrogens with two attached hydrogens (primary N) is 1. The van der Waals surface area contributed by atoms with Crippen LogP contribution in [0, 0.1) is 0 Å². The normalized spacial score (nSPS) is 12.9. The van der Waals surface area contributed by atoms with Gasteiger partial charge in [0.05, 0.1) is 6.04 Å². The molecule has 0 saturated carbocycles. The van der Waals surface area contributed by atoms with E-state index in [-0.39, 0.29) is 5.71 Å². The summed E-state index contributed by atoms with van der Waals surface area (Å²) in [4.78, 5) is 30.5. The Kier molecular flexibility index (Phi) is 4.58. The lowest BCUT2D eigenvalue weighted by Crippen LogP contribution is -2.39. The Labute approximate surface area is 102 Å². The first kappa shape index (κ1) is 13.1. The molecule has 1 heterocycles. The molecule has 17 heavy (non-hydrogen) atoms. The highest BCUT2D eigenvalue weighted by Gasteiger charge is 2.19. The van der Waals surface area contributed by atoms with E-state index in [4.69, 9.17) is 5.73 Å². The fraction of sp³-hybridized carbons (Fsp3) is 0.333. The highest BCUT2D eigenvalue weighted by molar-refractivity contribution is 7.13. The highest BCUT2D eigenvalue weighted by atomic mass is 32.1. The topological polar surface area (TPSA) is 107 Å². The molecule has 0 fully saturated rings. The summed E-state index contributed by atoms with van der Waals surface area (Å²) >= 11 is 1.17. The fourth-order valence-corrected chi connectivity index (χ4v) is 1.53. The Hall–Kier alpha value is -1.96. The Bertz CT molecular complexity index is 443. The van der Waals surface area contributed by atoms with Crippen molar-refractivity contribution in [1.82, 2.24) is 10.3 Å². The molecule has 7 nitrogen and oxygen atoms in total. The number of nitrogen functional groups attached to an aromatic ring is 1. The third kappa shape index (κ3) is 3.52. The van der Waals surface area contributed by atoms with Crippen molar-refractivity contribution in [3.63, 3.8) is 0 Å². The van der Waals surface area contributed by atoms with E-state index in [0.717, 1.165) is 0 Å². The minimum atomic E-state index is -0.736. The molecule has 0 aliphatic rings. The van der Waals surface area contributed by atoms with Crippen LogP contribution in [0.2, 0.25) is 0 Å². The number of carbonyl (C=O) groups is 1. The number of aromatic nitrogens is 1. The molecule has 0 unspecified atom stereocenters. The number of nitrogens with zero attached hydrogens (tertiary/aromatic N) is 2. The number of hydrogen-bond acceptors (Lipinski definition) is 7. The van der Waals surface area contributed by atoms with Crippen LogP contribution in [0.25, 0.3) is 0 Å². The lowest BCUT2D eigenvalue weighted by molar-refractivity contribution is -0.115. The largest absolute Gasteiger partial charge is 0.398 e. The van der Waals surface area contributed by atoms with Crippen molar-refractivity contribution in [2.45, 2.75) is 13.0 Å². The minimum absolute atomic E-state index is 0.0393. The molecule has 0 aliphatic heterocycles. The first-order chi connectivity index (χ1) is 8.08. The summed E-state index contributed by atoms with van der Waals surface area (Å²) in [5.41, 5.74) is 5.71. The van der Waals surface area contributed by atoms with E-state index >= 15 is 0 Å². The van der Waals surface area contributed by atoms with Crippen LogP contribution >= 0.6 is 11.3 Å². The molecule has 1 aromatic heterocycles. The van der Waals surface area contributed by atoms with E-state index in [1.165, 1.54) is 25.4 Å². The van der Waals surface area contributed by atoms with Crippen LogP contribution in [0.3, 0.4) is 0 Å². The number of nitrogens with one attached hydrogen (secondary N) is 1. The van der Waals surface area contributed by atoms with Gasteiger partial charge in [0.1, 0.15) is 12.8 Å². The molecule has 0 spiro atoms. The number of thiazole rings is 1. The van der Waals surface area contributed by atoms with Gasteiger partial charge in [-0.15, -0.1) is 11.3 Å². The summed E-state index contributed by atoms with van der Waals surface area (Å²) in [6.07, 6.45) is 1.63. The summed E-state index contributed by atoms with van der Waals surface area (Å²) in [6.45, 7) is 1.49. The molecule has 1 radical (unpaired) electrons. The Morgan fingerprint density at radius 1 is 1.76 bits per heavy atom. The second-order valence-electron chi connectivity index (χ2n) is 3.01. The Morgan fingerprint density at radius 3 is 2.94 bits per heavy atom. The summed E-state index contributed by atoms with van der Waals surface area (Å²) in [7, 11) is 1.30. The first-order valence-corrected chi connectivity index (χ1v) is 5.47. The Morgan fingerprint density at radius 2 is 2.47 bits per heavy atom. The van der Waals surface area contributed by atoms with Crippen molar-refractivity contribution in [1.29, 1.82) is 0 Å². The minimum Gasteiger partial charge on any atom is -0.398 e. The molecular weight excluding hydrogens is 244 g/mol. The van der Waals surface area contributed by atoms with E-state index < -0.39 is 11.9 Å². The SMILES string of the molecule is CON=C(C(=O)N[C@H](C)[C]=O)c1csc(N)n1. The van der Waals surface area contributed by atoms with E-state index in [1.807, 2.05) is 0 Å². The highest BCUT2D eigenvalue weighted by Crippen LogP contribution is 2.12. The number of amides is 1. The predicted molar refractivity (Wildman–Crippen MR) is 63.4 cm³/mol. The van der Waals surface area contributed by atoms with Gasteiger partial charge in [-0.2, -0.15) is 0 Å². The van der Waals surface area contributed by atoms with Gasteiger partial charge in [-0.3, -0.25) is 9.59 Å². The predicted octanol–water partition coefficient (Wildman–Crippen LogP) is -0.310. The summed E-state index contributed by atoms with van der Waals surface area (Å²) in [5.74, 6) is -0.576.